The van der Waals surface area contributed by atoms with Crippen molar-refractivity contribution in [1.82, 2.24) is 0 Å². The van der Waals surface area contributed by atoms with E-state index in [1.54, 1.807) is 24.3 Å². The Hall–Kier alpha value is -2.05. The van der Waals surface area contributed by atoms with Gasteiger partial charge in [-0.3, -0.25) is 4.99 Å². The number of carbonyl (C=O) groups is 1. The third-order valence-corrected chi connectivity index (χ3v) is 4.66. The lowest BCUT2D eigenvalue weighted by Crippen LogP contribution is -2.38. The summed E-state index contributed by atoms with van der Waals surface area (Å²) in [5.41, 5.74) is 1.13. The average molecular weight is 364 g/mol. The number of hydrogen-bond acceptors (Lipinski definition) is 3. The topological polar surface area (TPSA) is 44.7 Å². The van der Waals surface area contributed by atoms with Crippen molar-refractivity contribution < 1.29 is 9.18 Å². The number of rotatable bonds is 2. The van der Waals surface area contributed by atoms with E-state index in [1.807, 2.05) is 0 Å². The highest BCUT2D eigenvalue weighted by atomic mass is 35.5. The van der Waals surface area contributed by atoms with Crippen LogP contribution in [-0.4, -0.2) is 23.0 Å². The number of nitrogens with zero attached hydrogens (tertiary/aromatic N) is 2. The van der Waals surface area contributed by atoms with Gasteiger partial charge in [0.05, 0.1) is 12.2 Å². The Balaban J connectivity index is 1.89. The van der Waals surface area contributed by atoms with Crippen molar-refractivity contribution in [2.24, 2.45) is 4.99 Å². The van der Waals surface area contributed by atoms with Crippen LogP contribution in [0.2, 0.25) is 5.02 Å². The van der Waals surface area contributed by atoms with E-state index in [1.165, 1.54) is 40.9 Å². The van der Waals surface area contributed by atoms with Gasteiger partial charge in [-0.1, -0.05) is 36.4 Å². The zero-order valence-electron chi connectivity index (χ0n) is 12.9. The molecule has 0 radical (unpaired) electrons. The molecule has 1 unspecified atom stereocenters. The van der Waals surface area contributed by atoms with Crippen LogP contribution in [0.1, 0.15) is 6.92 Å². The molecule has 0 saturated heterocycles. The second-order valence-electron chi connectivity index (χ2n) is 5.30. The van der Waals surface area contributed by atoms with E-state index in [4.69, 9.17) is 11.6 Å². The molecule has 2 aromatic carbocycles. The van der Waals surface area contributed by atoms with Crippen LogP contribution in [0.3, 0.4) is 0 Å². The maximum Gasteiger partial charge on any atom is 0.332 e. The van der Waals surface area contributed by atoms with Gasteiger partial charge < -0.3 is 5.32 Å². The van der Waals surface area contributed by atoms with Crippen LogP contribution >= 0.6 is 23.4 Å². The Morgan fingerprint density at radius 1 is 1.33 bits per heavy atom. The SMILES string of the molecule is CC1CN=C(N(C(=O)Nc2ccc(F)cc2)c2cccc(Cl)c2)S1. The van der Waals surface area contributed by atoms with Gasteiger partial charge in [-0.2, -0.15) is 0 Å². The number of benzene rings is 2. The van der Waals surface area contributed by atoms with Crippen LogP contribution in [0, 0.1) is 5.82 Å². The van der Waals surface area contributed by atoms with Crippen LogP contribution in [0.25, 0.3) is 0 Å². The van der Waals surface area contributed by atoms with E-state index in [0.717, 1.165) is 0 Å². The first-order chi connectivity index (χ1) is 11.5. The summed E-state index contributed by atoms with van der Waals surface area (Å²) in [6.45, 7) is 2.70. The number of urea groups is 1. The van der Waals surface area contributed by atoms with Crippen molar-refractivity contribution in [2.75, 3.05) is 16.8 Å². The summed E-state index contributed by atoms with van der Waals surface area (Å²) in [4.78, 5) is 18.7. The number of anilines is 2. The number of amides is 2. The van der Waals surface area contributed by atoms with Crippen LogP contribution in [0.5, 0.6) is 0 Å². The van der Waals surface area contributed by atoms with Gasteiger partial charge in [0.2, 0.25) is 0 Å². The first kappa shape index (κ1) is 16.8. The van der Waals surface area contributed by atoms with Gasteiger partial charge in [-0.05, 0) is 42.5 Å². The summed E-state index contributed by atoms with van der Waals surface area (Å²) in [5, 5.41) is 4.21. The summed E-state index contributed by atoms with van der Waals surface area (Å²) in [6.07, 6.45) is 0. The van der Waals surface area contributed by atoms with Gasteiger partial charge in [0.15, 0.2) is 5.17 Å². The Morgan fingerprint density at radius 3 is 2.71 bits per heavy atom. The standard InChI is InChI=1S/C17H15ClFN3OS/c1-11-10-20-17(24-11)22(15-4-2-3-12(18)9-15)16(23)21-14-7-5-13(19)6-8-14/h2-9,11H,10H2,1H3,(H,21,23). The van der Waals surface area contributed by atoms with Crippen molar-refractivity contribution in [1.29, 1.82) is 0 Å². The lowest BCUT2D eigenvalue weighted by molar-refractivity contribution is 0.259. The molecule has 7 heteroatoms. The molecule has 0 aliphatic carbocycles. The molecule has 1 heterocycles. The highest BCUT2D eigenvalue weighted by Crippen LogP contribution is 2.29. The Labute approximate surface area is 148 Å². The number of halogens is 2. The molecule has 1 aliphatic rings. The second kappa shape index (κ2) is 7.23. The smallest absolute Gasteiger partial charge is 0.307 e. The predicted molar refractivity (Wildman–Crippen MR) is 98.7 cm³/mol. The number of hydrogen-bond donors (Lipinski definition) is 1. The lowest BCUT2D eigenvalue weighted by Gasteiger charge is -2.23. The van der Waals surface area contributed by atoms with Crippen LogP contribution in [0.15, 0.2) is 53.5 Å². The molecule has 1 aliphatic heterocycles. The van der Waals surface area contributed by atoms with Crippen molar-refractivity contribution in [2.45, 2.75) is 12.2 Å². The van der Waals surface area contributed by atoms with Gasteiger partial charge >= 0.3 is 6.03 Å². The first-order valence-corrected chi connectivity index (χ1v) is 8.62. The average Bonchev–Trinajstić information content (AvgIpc) is 2.96. The molecule has 3 rings (SSSR count). The van der Waals surface area contributed by atoms with E-state index in [0.29, 0.717) is 33.4 Å². The van der Waals surface area contributed by atoms with Gasteiger partial charge in [0, 0.05) is 16.0 Å². The molecule has 2 aromatic rings. The molecular weight excluding hydrogens is 349 g/mol. The third-order valence-electron chi connectivity index (χ3n) is 3.35. The molecule has 4 nitrogen and oxygen atoms in total. The van der Waals surface area contributed by atoms with E-state index >= 15 is 0 Å². The normalized spacial score (nSPS) is 16.6. The van der Waals surface area contributed by atoms with E-state index < -0.39 is 0 Å². The number of aliphatic imine (C=N–C) groups is 1. The van der Waals surface area contributed by atoms with Gasteiger partial charge in [-0.15, -0.1) is 0 Å². The van der Waals surface area contributed by atoms with E-state index in [2.05, 4.69) is 17.2 Å². The fourth-order valence-corrected chi connectivity index (χ4v) is 3.36. The molecule has 0 aromatic heterocycles. The third kappa shape index (κ3) is 3.88. The largest absolute Gasteiger partial charge is 0.332 e. The van der Waals surface area contributed by atoms with Crippen molar-refractivity contribution in [3.05, 3.63) is 59.4 Å². The van der Waals surface area contributed by atoms with Crippen LogP contribution in [-0.2, 0) is 0 Å². The molecule has 0 bridgehead atoms. The maximum atomic E-state index is 13.0. The maximum absolute atomic E-state index is 13.0. The van der Waals surface area contributed by atoms with Crippen molar-refractivity contribution in [3.63, 3.8) is 0 Å². The molecule has 1 atom stereocenters. The number of amidine groups is 1. The zero-order valence-corrected chi connectivity index (χ0v) is 14.4. The van der Waals surface area contributed by atoms with Crippen molar-refractivity contribution >= 4 is 45.9 Å². The minimum Gasteiger partial charge on any atom is -0.307 e. The summed E-state index contributed by atoms with van der Waals surface area (Å²) >= 11 is 7.59. The van der Waals surface area contributed by atoms with Crippen LogP contribution in [0.4, 0.5) is 20.6 Å². The minimum atomic E-state index is -0.371. The zero-order chi connectivity index (χ0) is 17.1. The van der Waals surface area contributed by atoms with Gasteiger partial charge in [0.25, 0.3) is 0 Å². The van der Waals surface area contributed by atoms with Crippen molar-refractivity contribution in [3.8, 4) is 0 Å². The summed E-state index contributed by atoms with van der Waals surface area (Å²) in [6, 6.07) is 12.3. The quantitative estimate of drug-likeness (QED) is 0.815. The van der Waals surface area contributed by atoms with E-state index in [-0.39, 0.29) is 11.8 Å². The molecule has 2 amide bonds. The second-order valence-corrected chi connectivity index (χ2v) is 7.15. The lowest BCUT2D eigenvalue weighted by atomic mass is 10.3. The molecule has 24 heavy (non-hydrogen) atoms. The first-order valence-electron chi connectivity index (χ1n) is 7.36. The molecule has 1 N–H and O–H groups in total. The number of nitrogens with one attached hydrogen (secondary N) is 1. The van der Waals surface area contributed by atoms with Gasteiger partial charge in [0.1, 0.15) is 5.82 Å². The Morgan fingerprint density at radius 2 is 2.08 bits per heavy atom. The molecule has 124 valence electrons. The predicted octanol–water partition coefficient (Wildman–Crippen LogP) is 5.01. The number of carbonyl (C=O) groups excluding carboxylic acids is 1. The minimum absolute atomic E-state index is 0.306. The van der Waals surface area contributed by atoms with E-state index in [9.17, 15) is 9.18 Å². The van der Waals surface area contributed by atoms with Crippen LogP contribution < -0.4 is 10.2 Å². The summed E-state index contributed by atoms with van der Waals surface area (Å²) < 4.78 is 13.0. The molecular formula is C17H15ClFN3OS. The monoisotopic (exact) mass is 363 g/mol. The Kier molecular flexibility index (Phi) is 5.06. The highest BCUT2D eigenvalue weighted by Gasteiger charge is 2.27. The highest BCUT2D eigenvalue weighted by molar-refractivity contribution is 8.15. The molecule has 0 saturated carbocycles. The summed E-state index contributed by atoms with van der Waals surface area (Å²) in [7, 11) is 0. The fourth-order valence-electron chi connectivity index (χ4n) is 2.23. The van der Waals surface area contributed by atoms with Gasteiger partial charge in [-0.25, -0.2) is 14.1 Å². The number of thioether (sulfide) groups is 1. The summed E-state index contributed by atoms with van der Waals surface area (Å²) in [5.74, 6) is -0.357. The molecule has 0 spiro atoms. The fraction of sp³-hybridized carbons (Fsp3) is 0.176. The Bertz CT molecular complexity index is 782. The molecule has 0 fully saturated rings.